The minimum atomic E-state index is -0.528. The van der Waals surface area contributed by atoms with Gasteiger partial charge in [-0.15, -0.1) is 0 Å². The highest BCUT2D eigenvalue weighted by Crippen LogP contribution is 2.13. The summed E-state index contributed by atoms with van der Waals surface area (Å²) in [5, 5.41) is 3.22. The van der Waals surface area contributed by atoms with Crippen LogP contribution in [0.4, 0.5) is 0 Å². The maximum Gasteiger partial charge on any atom is 0.329 e. The number of fused-ring (bicyclic) bond motifs is 1. The number of hydrogen-bond donors (Lipinski definition) is 2. The zero-order chi connectivity index (χ0) is 22.5. The van der Waals surface area contributed by atoms with Crippen LogP contribution >= 0.6 is 0 Å². The summed E-state index contributed by atoms with van der Waals surface area (Å²) >= 11 is 0. The van der Waals surface area contributed by atoms with Gasteiger partial charge in [0.25, 0.3) is 11.5 Å². The molecule has 0 spiro atoms. The Kier molecular flexibility index (Phi) is 6.17. The molecule has 3 aromatic carbocycles. The summed E-state index contributed by atoms with van der Waals surface area (Å²) < 4.78 is 6.28. The van der Waals surface area contributed by atoms with E-state index in [0.717, 1.165) is 15.7 Å². The van der Waals surface area contributed by atoms with Crippen LogP contribution in [-0.4, -0.2) is 29.1 Å². The van der Waals surface area contributed by atoms with Gasteiger partial charge in [0.15, 0.2) is 0 Å². The van der Waals surface area contributed by atoms with Gasteiger partial charge in [-0.3, -0.25) is 14.2 Å². The molecule has 0 aliphatic rings. The predicted octanol–water partition coefficient (Wildman–Crippen LogP) is 2.72. The van der Waals surface area contributed by atoms with E-state index in [1.54, 1.807) is 43.5 Å². The Labute approximate surface area is 184 Å². The number of hydrogen-bond acceptors (Lipinski definition) is 4. The quantitative estimate of drug-likeness (QED) is 0.472. The van der Waals surface area contributed by atoms with Gasteiger partial charge in [-0.1, -0.05) is 42.5 Å². The Morgan fingerprint density at radius 2 is 1.72 bits per heavy atom. The zero-order valence-corrected chi connectivity index (χ0v) is 17.6. The molecule has 7 heteroatoms. The lowest BCUT2D eigenvalue weighted by molar-refractivity contribution is 0.0954. The first-order valence-electron chi connectivity index (χ1n) is 10.3. The molecule has 0 bridgehead atoms. The van der Waals surface area contributed by atoms with Crippen LogP contribution in [0.1, 0.15) is 21.5 Å². The van der Waals surface area contributed by atoms with Crippen LogP contribution in [0.3, 0.4) is 0 Å². The summed E-state index contributed by atoms with van der Waals surface area (Å²) in [4.78, 5) is 40.7. The molecule has 0 unspecified atom stereocenters. The molecule has 0 aliphatic heterocycles. The summed E-state index contributed by atoms with van der Waals surface area (Å²) in [5.41, 5.74) is 1.71. The molecule has 4 rings (SSSR count). The molecule has 0 saturated heterocycles. The Hall–Kier alpha value is -4.13. The number of H-pyrrole nitrogens is 1. The highest BCUT2D eigenvalue weighted by atomic mass is 16.5. The van der Waals surface area contributed by atoms with Gasteiger partial charge < -0.3 is 15.0 Å². The van der Waals surface area contributed by atoms with Crippen molar-refractivity contribution < 1.29 is 9.53 Å². The van der Waals surface area contributed by atoms with Crippen LogP contribution in [-0.2, 0) is 13.0 Å². The first-order chi connectivity index (χ1) is 15.5. The molecule has 0 radical (unpaired) electrons. The van der Waals surface area contributed by atoms with Crippen molar-refractivity contribution in [3.8, 4) is 5.75 Å². The molecular weight excluding hydrogens is 406 g/mol. The smallest absolute Gasteiger partial charge is 0.329 e. The van der Waals surface area contributed by atoms with Crippen LogP contribution in [0.5, 0.6) is 5.75 Å². The average molecular weight is 429 g/mol. The standard InChI is InChI=1S/C25H23N3O4/c1-32-20-10-7-18(8-11-20)16-28-24(30)21-12-9-19(15-22(21)27-25(28)31)23(29)26-14-13-17-5-3-2-4-6-17/h2-12,15H,13-14,16H2,1H3,(H,26,29)(H,27,31). The van der Waals surface area contributed by atoms with Crippen molar-refractivity contribution in [2.75, 3.05) is 13.7 Å². The highest BCUT2D eigenvalue weighted by Gasteiger charge is 2.12. The van der Waals surface area contributed by atoms with Crippen molar-refractivity contribution in [3.05, 3.63) is 110 Å². The molecule has 1 aromatic heterocycles. The molecule has 1 amide bonds. The molecule has 0 atom stereocenters. The van der Waals surface area contributed by atoms with E-state index in [1.165, 1.54) is 6.07 Å². The van der Waals surface area contributed by atoms with Crippen LogP contribution in [0, 0.1) is 0 Å². The van der Waals surface area contributed by atoms with Crippen molar-refractivity contribution in [1.82, 2.24) is 14.9 Å². The van der Waals surface area contributed by atoms with Gasteiger partial charge in [0.1, 0.15) is 5.75 Å². The van der Waals surface area contributed by atoms with E-state index in [9.17, 15) is 14.4 Å². The zero-order valence-electron chi connectivity index (χ0n) is 17.6. The van der Waals surface area contributed by atoms with Crippen molar-refractivity contribution >= 4 is 16.8 Å². The number of amides is 1. The van der Waals surface area contributed by atoms with Crippen LogP contribution in [0.2, 0.25) is 0 Å². The molecule has 2 N–H and O–H groups in total. The van der Waals surface area contributed by atoms with Crippen LogP contribution in [0.25, 0.3) is 10.9 Å². The summed E-state index contributed by atoms with van der Waals surface area (Å²) in [6.45, 7) is 0.622. The highest BCUT2D eigenvalue weighted by molar-refractivity contribution is 5.97. The van der Waals surface area contributed by atoms with E-state index >= 15 is 0 Å². The van der Waals surface area contributed by atoms with Crippen molar-refractivity contribution in [1.29, 1.82) is 0 Å². The minimum absolute atomic E-state index is 0.135. The second-order valence-electron chi connectivity index (χ2n) is 7.42. The SMILES string of the molecule is COc1ccc(Cn2c(=O)[nH]c3cc(C(=O)NCCc4ccccc4)ccc3c2=O)cc1. The predicted molar refractivity (Wildman–Crippen MR) is 123 cm³/mol. The number of carbonyl (C=O) groups is 1. The van der Waals surface area contributed by atoms with Crippen molar-refractivity contribution in [2.45, 2.75) is 13.0 Å². The third-order valence-corrected chi connectivity index (χ3v) is 5.29. The van der Waals surface area contributed by atoms with Crippen LogP contribution in [0.15, 0.2) is 82.4 Å². The van der Waals surface area contributed by atoms with Crippen LogP contribution < -0.4 is 21.3 Å². The number of methoxy groups -OCH3 is 1. The van der Waals surface area contributed by atoms with E-state index in [0.29, 0.717) is 35.2 Å². The van der Waals surface area contributed by atoms with E-state index in [1.807, 2.05) is 30.3 Å². The fourth-order valence-electron chi connectivity index (χ4n) is 3.52. The molecule has 0 aliphatic carbocycles. The fraction of sp³-hybridized carbons (Fsp3) is 0.160. The van der Waals surface area contributed by atoms with Gasteiger partial charge >= 0.3 is 5.69 Å². The van der Waals surface area contributed by atoms with Gasteiger partial charge in [0.05, 0.1) is 24.6 Å². The van der Waals surface area contributed by atoms with Gasteiger partial charge in [-0.25, -0.2) is 4.79 Å². The van der Waals surface area contributed by atoms with Gasteiger partial charge in [-0.2, -0.15) is 0 Å². The largest absolute Gasteiger partial charge is 0.497 e. The average Bonchev–Trinajstić information content (AvgIpc) is 2.82. The summed E-state index contributed by atoms with van der Waals surface area (Å²) in [6, 6.07) is 21.7. The number of benzene rings is 3. The second-order valence-corrected chi connectivity index (χ2v) is 7.42. The van der Waals surface area contributed by atoms with E-state index in [4.69, 9.17) is 4.74 Å². The number of rotatable bonds is 7. The lowest BCUT2D eigenvalue weighted by Gasteiger charge is -2.09. The second kappa shape index (κ2) is 9.34. The first kappa shape index (κ1) is 21.1. The normalized spacial score (nSPS) is 10.8. The summed E-state index contributed by atoms with van der Waals surface area (Å²) in [7, 11) is 1.57. The molecule has 0 saturated carbocycles. The van der Waals surface area contributed by atoms with Crippen molar-refractivity contribution in [2.24, 2.45) is 0 Å². The fourth-order valence-corrected chi connectivity index (χ4v) is 3.52. The lowest BCUT2D eigenvalue weighted by Crippen LogP contribution is -2.35. The van der Waals surface area contributed by atoms with Crippen molar-refractivity contribution in [3.63, 3.8) is 0 Å². The molecule has 162 valence electrons. The van der Waals surface area contributed by atoms with E-state index in [-0.39, 0.29) is 12.5 Å². The topological polar surface area (TPSA) is 93.2 Å². The van der Waals surface area contributed by atoms with Gasteiger partial charge in [0, 0.05) is 12.1 Å². The third-order valence-electron chi connectivity index (χ3n) is 5.29. The maximum atomic E-state index is 12.9. The Morgan fingerprint density at radius 3 is 2.44 bits per heavy atom. The van der Waals surface area contributed by atoms with E-state index in [2.05, 4.69) is 10.3 Å². The number of nitrogens with zero attached hydrogens (tertiary/aromatic N) is 1. The number of carbonyl (C=O) groups excluding carboxylic acids is 1. The molecule has 7 nitrogen and oxygen atoms in total. The minimum Gasteiger partial charge on any atom is -0.497 e. The number of aromatic nitrogens is 2. The third kappa shape index (κ3) is 4.62. The first-order valence-corrected chi connectivity index (χ1v) is 10.3. The molecule has 0 fully saturated rings. The lowest BCUT2D eigenvalue weighted by atomic mass is 10.1. The number of nitrogens with one attached hydrogen (secondary N) is 2. The Balaban J connectivity index is 1.53. The molecule has 4 aromatic rings. The molecule has 32 heavy (non-hydrogen) atoms. The summed E-state index contributed by atoms with van der Waals surface area (Å²) in [5.74, 6) is 0.439. The number of aromatic amines is 1. The molecule has 1 heterocycles. The molecular formula is C25H23N3O4. The van der Waals surface area contributed by atoms with Gasteiger partial charge in [-0.05, 0) is 47.9 Å². The Bertz CT molecular complexity index is 1360. The monoisotopic (exact) mass is 429 g/mol. The Morgan fingerprint density at radius 1 is 0.969 bits per heavy atom. The van der Waals surface area contributed by atoms with E-state index < -0.39 is 11.2 Å². The summed E-state index contributed by atoms with van der Waals surface area (Å²) in [6.07, 6.45) is 0.715. The number of ether oxygens (including phenoxy) is 1. The van der Waals surface area contributed by atoms with Gasteiger partial charge in [0.2, 0.25) is 0 Å². The maximum absolute atomic E-state index is 12.9.